The molecule has 0 saturated carbocycles. The molecule has 0 aromatic rings. The lowest BCUT2D eigenvalue weighted by atomic mass is 10.1. The van der Waals surface area contributed by atoms with Crippen LogP contribution < -0.4 is 5.32 Å². The lowest BCUT2D eigenvalue weighted by Crippen LogP contribution is -2.29. The molecule has 1 heterocycles. The first-order chi connectivity index (χ1) is 7.47. The SMILES string of the molecule is CC(C)(C)OC(=O)CCNCC1CCSC1. The molecule has 0 amide bonds. The molecule has 0 radical (unpaired) electrons. The van der Waals surface area contributed by atoms with Crippen molar-refractivity contribution in [1.29, 1.82) is 0 Å². The number of hydrogen-bond acceptors (Lipinski definition) is 4. The van der Waals surface area contributed by atoms with Gasteiger partial charge in [0.1, 0.15) is 5.60 Å². The third-order valence-electron chi connectivity index (χ3n) is 2.38. The summed E-state index contributed by atoms with van der Waals surface area (Å²) < 4.78 is 5.23. The Hall–Kier alpha value is -0.220. The van der Waals surface area contributed by atoms with E-state index in [0.717, 1.165) is 19.0 Å². The van der Waals surface area contributed by atoms with E-state index >= 15 is 0 Å². The molecule has 1 aliphatic heterocycles. The van der Waals surface area contributed by atoms with Gasteiger partial charge in [-0.2, -0.15) is 11.8 Å². The molecule has 1 atom stereocenters. The van der Waals surface area contributed by atoms with Crippen LogP contribution in [-0.2, 0) is 9.53 Å². The van der Waals surface area contributed by atoms with Gasteiger partial charge in [-0.3, -0.25) is 4.79 Å². The number of rotatable bonds is 5. The zero-order valence-electron chi connectivity index (χ0n) is 10.5. The number of ether oxygens (including phenoxy) is 1. The fraction of sp³-hybridized carbons (Fsp3) is 0.917. The summed E-state index contributed by atoms with van der Waals surface area (Å²) in [6.07, 6.45) is 1.78. The molecular weight excluding hydrogens is 222 g/mol. The molecule has 1 rings (SSSR count). The largest absolute Gasteiger partial charge is 0.460 e. The molecule has 4 heteroatoms. The van der Waals surface area contributed by atoms with Crippen molar-refractivity contribution < 1.29 is 9.53 Å². The summed E-state index contributed by atoms with van der Waals surface area (Å²) in [5.41, 5.74) is -0.362. The minimum Gasteiger partial charge on any atom is -0.460 e. The molecule has 1 unspecified atom stereocenters. The maximum atomic E-state index is 11.4. The van der Waals surface area contributed by atoms with Crippen molar-refractivity contribution in [2.45, 2.75) is 39.2 Å². The highest BCUT2D eigenvalue weighted by atomic mass is 32.2. The molecule has 94 valence electrons. The number of nitrogens with one attached hydrogen (secondary N) is 1. The van der Waals surface area contributed by atoms with E-state index in [1.165, 1.54) is 17.9 Å². The van der Waals surface area contributed by atoms with E-state index in [0.29, 0.717) is 6.42 Å². The maximum absolute atomic E-state index is 11.4. The van der Waals surface area contributed by atoms with E-state index < -0.39 is 0 Å². The normalized spacial score (nSPS) is 21.1. The van der Waals surface area contributed by atoms with Crippen LogP contribution in [0.2, 0.25) is 0 Å². The number of carbonyl (C=O) groups excluding carboxylic acids is 1. The highest BCUT2D eigenvalue weighted by Gasteiger charge is 2.17. The third kappa shape index (κ3) is 6.38. The first-order valence-electron chi connectivity index (χ1n) is 5.98. The molecule has 1 aliphatic rings. The summed E-state index contributed by atoms with van der Waals surface area (Å²) in [7, 11) is 0. The topological polar surface area (TPSA) is 38.3 Å². The number of carbonyl (C=O) groups is 1. The molecule has 0 spiro atoms. The second-order valence-corrected chi connectivity index (χ2v) is 6.42. The van der Waals surface area contributed by atoms with Gasteiger partial charge in [0.05, 0.1) is 6.42 Å². The molecule has 1 fully saturated rings. The van der Waals surface area contributed by atoms with Crippen LogP contribution in [0, 0.1) is 5.92 Å². The number of esters is 1. The summed E-state index contributed by atoms with van der Waals surface area (Å²) >= 11 is 2.02. The zero-order chi connectivity index (χ0) is 12.0. The second kappa shape index (κ2) is 6.50. The van der Waals surface area contributed by atoms with Gasteiger partial charge in [-0.05, 0) is 51.2 Å². The van der Waals surface area contributed by atoms with Crippen LogP contribution >= 0.6 is 11.8 Å². The molecule has 1 N–H and O–H groups in total. The van der Waals surface area contributed by atoms with E-state index in [1.807, 2.05) is 32.5 Å². The predicted octanol–water partition coefficient (Wildman–Crippen LogP) is 2.06. The van der Waals surface area contributed by atoms with Gasteiger partial charge < -0.3 is 10.1 Å². The Bertz CT molecular complexity index is 220. The van der Waals surface area contributed by atoms with E-state index in [2.05, 4.69) is 5.32 Å². The Labute approximate surface area is 103 Å². The van der Waals surface area contributed by atoms with Crippen LogP contribution in [0.5, 0.6) is 0 Å². The smallest absolute Gasteiger partial charge is 0.307 e. The highest BCUT2D eigenvalue weighted by Crippen LogP contribution is 2.22. The zero-order valence-corrected chi connectivity index (χ0v) is 11.4. The highest BCUT2D eigenvalue weighted by molar-refractivity contribution is 7.99. The standard InChI is InChI=1S/C12H23NO2S/c1-12(2,3)15-11(14)4-6-13-8-10-5-7-16-9-10/h10,13H,4-9H2,1-3H3. The molecule has 0 aromatic carbocycles. The first-order valence-corrected chi connectivity index (χ1v) is 7.13. The van der Waals surface area contributed by atoms with Crippen LogP contribution in [-0.4, -0.2) is 36.2 Å². The fourth-order valence-corrected chi connectivity index (χ4v) is 2.92. The fourth-order valence-electron chi connectivity index (χ4n) is 1.63. The molecular formula is C12H23NO2S. The molecule has 3 nitrogen and oxygen atoms in total. The minimum atomic E-state index is -0.362. The van der Waals surface area contributed by atoms with Gasteiger partial charge in [0.2, 0.25) is 0 Å². The Morgan fingerprint density at radius 3 is 2.81 bits per heavy atom. The lowest BCUT2D eigenvalue weighted by Gasteiger charge is -2.19. The Balaban J connectivity index is 2.00. The van der Waals surface area contributed by atoms with Gasteiger partial charge >= 0.3 is 5.97 Å². The van der Waals surface area contributed by atoms with E-state index in [4.69, 9.17) is 4.74 Å². The summed E-state index contributed by atoms with van der Waals surface area (Å²) in [6, 6.07) is 0. The number of thioether (sulfide) groups is 1. The lowest BCUT2D eigenvalue weighted by molar-refractivity contribution is -0.154. The quantitative estimate of drug-likeness (QED) is 0.594. The minimum absolute atomic E-state index is 0.110. The Kier molecular flexibility index (Phi) is 5.62. The van der Waals surface area contributed by atoms with Crippen LogP contribution in [0.4, 0.5) is 0 Å². The van der Waals surface area contributed by atoms with Gasteiger partial charge in [-0.1, -0.05) is 0 Å². The average molecular weight is 245 g/mol. The average Bonchev–Trinajstić information content (AvgIpc) is 2.62. The van der Waals surface area contributed by atoms with Crippen molar-refractivity contribution in [3.8, 4) is 0 Å². The van der Waals surface area contributed by atoms with Crippen molar-refractivity contribution in [1.82, 2.24) is 5.32 Å². The van der Waals surface area contributed by atoms with Gasteiger partial charge in [0.25, 0.3) is 0 Å². The van der Waals surface area contributed by atoms with Crippen molar-refractivity contribution in [3.63, 3.8) is 0 Å². The van der Waals surface area contributed by atoms with Gasteiger partial charge in [0, 0.05) is 6.54 Å². The van der Waals surface area contributed by atoms with Crippen LogP contribution in [0.15, 0.2) is 0 Å². The Morgan fingerprint density at radius 1 is 1.50 bits per heavy atom. The summed E-state index contributed by atoms with van der Waals surface area (Å²) in [5.74, 6) is 3.24. The summed E-state index contributed by atoms with van der Waals surface area (Å²) in [4.78, 5) is 11.4. The third-order valence-corrected chi connectivity index (χ3v) is 3.61. The van der Waals surface area contributed by atoms with Gasteiger partial charge in [-0.25, -0.2) is 0 Å². The van der Waals surface area contributed by atoms with Crippen molar-refractivity contribution in [2.24, 2.45) is 5.92 Å². The van der Waals surface area contributed by atoms with Crippen molar-refractivity contribution >= 4 is 17.7 Å². The van der Waals surface area contributed by atoms with Crippen molar-refractivity contribution in [3.05, 3.63) is 0 Å². The molecule has 0 aromatic heterocycles. The molecule has 0 bridgehead atoms. The predicted molar refractivity (Wildman–Crippen MR) is 68.8 cm³/mol. The molecule has 0 aliphatic carbocycles. The first kappa shape index (κ1) is 13.8. The second-order valence-electron chi connectivity index (χ2n) is 5.27. The van der Waals surface area contributed by atoms with E-state index in [1.54, 1.807) is 0 Å². The monoisotopic (exact) mass is 245 g/mol. The van der Waals surface area contributed by atoms with Crippen molar-refractivity contribution in [2.75, 3.05) is 24.6 Å². The van der Waals surface area contributed by atoms with Gasteiger partial charge in [0.15, 0.2) is 0 Å². The van der Waals surface area contributed by atoms with Gasteiger partial charge in [-0.15, -0.1) is 0 Å². The number of hydrogen-bond donors (Lipinski definition) is 1. The Morgan fingerprint density at radius 2 is 2.25 bits per heavy atom. The van der Waals surface area contributed by atoms with Crippen LogP contribution in [0.25, 0.3) is 0 Å². The van der Waals surface area contributed by atoms with E-state index in [9.17, 15) is 4.79 Å². The molecule has 1 saturated heterocycles. The maximum Gasteiger partial charge on any atom is 0.307 e. The van der Waals surface area contributed by atoms with Crippen LogP contribution in [0.3, 0.4) is 0 Å². The molecule has 16 heavy (non-hydrogen) atoms. The summed E-state index contributed by atoms with van der Waals surface area (Å²) in [6.45, 7) is 7.46. The van der Waals surface area contributed by atoms with E-state index in [-0.39, 0.29) is 11.6 Å². The van der Waals surface area contributed by atoms with Crippen LogP contribution in [0.1, 0.15) is 33.6 Å². The summed E-state index contributed by atoms with van der Waals surface area (Å²) in [5, 5.41) is 3.33.